The van der Waals surface area contributed by atoms with Crippen molar-refractivity contribution in [3.8, 4) is 17.2 Å². The molecule has 9 nitrogen and oxygen atoms in total. The van der Waals surface area contributed by atoms with E-state index in [2.05, 4.69) is 25.2 Å². The van der Waals surface area contributed by atoms with E-state index >= 15 is 0 Å². The number of guanidine groups is 1. The molecule has 1 aliphatic heterocycles. The molecule has 3 rings (SSSR count). The van der Waals surface area contributed by atoms with E-state index < -0.39 is 0 Å². The van der Waals surface area contributed by atoms with Gasteiger partial charge in [-0.25, -0.2) is 0 Å². The maximum absolute atomic E-state index is 5.47. The summed E-state index contributed by atoms with van der Waals surface area (Å²) in [6.45, 7) is 6.19. The molecule has 0 bridgehead atoms. The summed E-state index contributed by atoms with van der Waals surface area (Å²) in [7, 11) is 6.74. The Bertz CT molecular complexity index is 791. The van der Waals surface area contributed by atoms with Gasteiger partial charge in [0.15, 0.2) is 17.5 Å². The molecule has 1 aliphatic rings. The average molecular weight is 417 g/mol. The Morgan fingerprint density at radius 1 is 1.07 bits per heavy atom. The molecule has 9 heteroatoms. The molecular formula is C21H32N6O3. The van der Waals surface area contributed by atoms with Gasteiger partial charge in [0, 0.05) is 58.7 Å². The van der Waals surface area contributed by atoms with Crippen LogP contribution in [0.25, 0.3) is 0 Å². The lowest BCUT2D eigenvalue weighted by Crippen LogP contribution is -2.52. The Balaban J connectivity index is 1.52. The number of nitrogens with one attached hydrogen (secondary N) is 1. The molecule has 30 heavy (non-hydrogen) atoms. The van der Waals surface area contributed by atoms with Crippen molar-refractivity contribution in [1.29, 1.82) is 0 Å². The molecule has 0 aliphatic carbocycles. The number of benzene rings is 1. The van der Waals surface area contributed by atoms with Crippen LogP contribution in [0.15, 0.2) is 35.6 Å². The Kier molecular flexibility index (Phi) is 7.78. The van der Waals surface area contributed by atoms with E-state index in [0.717, 1.165) is 57.3 Å². The van der Waals surface area contributed by atoms with Gasteiger partial charge in [-0.15, -0.1) is 0 Å². The molecule has 0 amide bonds. The highest BCUT2D eigenvalue weighted by Gasteiger charge is 2.21. The quantitative estimate of drug-likeness (QED) is 0.513. The van der Waals surface area contributed by atoms with Crippen molar-refractivity contribution in [3.63, 3.8) is 0 Å². The summed E-state index contributed by atoms with van der Waals surface area (Å²) in [5.74, 6) is 2.94. The van der Waals surface area contributed by atoms with Gasteiger partial charge in [-0.1, -0.05) is 0 Å². The van der Waals surface area contributed by atoms with Crippen molar-refractivity contribution in [2.45, 2.75) is 13.1 Å². The summed E-state index contributed by atoms with van der Waals surface area (Å²) >= 11 is 0. The molecule has 0 saturated carbocycles. The summed E-state index contributed by atoms with van der Waals surface area (Å²) in [6.07, 6.45) is 3.76. The standard InChI is InChI=1S/C21H32N6O3/c1-22-21(23-7-9-27-8-5-6-24-27)26-12-10-25(11-13-26)16-17-14-18(28-2)20(30-4)19(15-17)29-3/h5-6,8,14-15H,7,9-13,16H2,1-4H3,(H,22,23). The Morgan fingerprint density at radius 2 is 1.77 bits per heavy atom. The molecule has 0 radical (unpaired) electrons. The lowest BCUT2D eigenvalue weighted by molar-refractivity contribution is 0.172. The van der Waals surface area contributed by atoms with Crippen molar-refractivity contribution >= 4 is 5.96 Å². The first kappa shape index (κ1) is 21.8. The van der Waals surface area contributed by atoms with Crippen molar-refractivity contribution in [3.05, 3.63) is 36.2 Å². The molecule has 2 aromatic rings. The predicted molar refractivity (Wildman–Crippen MR) is 117 cm³/mol. The van der Waals surface area contributed by atoms with E-state index in [4.69, 9.17) is 14.2 Å². The van der Waals surface area contributed by atoms with Gasteiger partial charge in [0.2, 0.25) is 5.75 Å². The van der Waals surface area contributed by atoms with Crippen LogP contribution in [-0.2, 0) is 13.1 Å². The number of aliphatic imine (C=N–C) groups is 1. The molecule has 1 saturated heterocycles. The zero-order valence-corrected chi connectivity index (χ0v) is 18.3. The molecule has 0 unspecified atom stereocenters. The van der Waals surface area contributed by atoms with Gasteiger partial charge in [-0.2, -0.15) is 5.10 Å². The highest BCUT2D eigenvalue weighted by molar-refractivity contribution is 5.79. The fraction of sp³-hybridized carbons (Fsp3) is 0.524. The maximum atomic E-state index is 5.47. The zero-order valence-electron chi connectivity index (χ0n) is 18.3. The van der Waals surface area contributed by atoms with E-state index in [1.807, 2.05) is 36.1 Å². The van der Waals surface area contributed by atoms with Crippen LogP contribution in [0, 0.1) is 0 Å². The molecule has 2 heterocycles. The summed E-state index contributed by atoms with van der Waals surface area (Å²) in [6, 6.07) is 5.97. The van der Waals surface area contributed by atoms with Crippen LogP contribution in [-0.4, -0.2) is 86.6 Å². The number of methoxy groups -OCH3 is 3. The summed E-state index contributed by atoms with van der Waals surface area (Å²) < 4.78 is 18.3. The molecule has 164 valence electrons. The third-order valence-electron chi connectivity index (χ3n) is 5.20. The van der Waals surface area contributed by atoms with Crippen LogP contribution in [0.4, 0.5) is 0 Å². The lowest BCUT2D eigenvalue weighted by atomic mass is 10.1. The number of hydrogen-bond donors (Lipinski definition) is 1. The first-order chi connectivity index (χ1) is 14.7. The molecule has 1 fully saturated rings. The average Bonchev–Trinajstić information content (AvgIpc) is 3.30. The van der Waals surface area contributed by atoms with Gasteiger partial charge >= 0.3 is 0 Å². The third-order valence-corrected chi connectivity index (χ3v) is 5.20. The fourth-order valence-corrected chi connectivity index (χ4v) is 3.65. The number of aromatic nitrogens is 2. The summed E-state index contributed by atoms with van der Waals surface area (Å²) in [4.78, 5) is 9.17. The van der Waals surface area contributed by atoms with Crippen LogP contribution in [0.3, 0.4) is 0 Å². The van der Waals surface area contributed by atoms with Crippen LogP contribution in [0.5, 0.6) is 17.2 Å². The molecule has 1 N–H and O–H groups in total. The smallest absolute Gasteiger partial charge is 0.203 e. The minimum absolute atomic E-state index is 0.624. The third kappa shape index (κ3) is 5.35. The SMILES string of the molecule is CN=C(NCCn1cccn1)N1CCN(Cc2cc(OC)c(OC)c(OC)c2)CC1. The summed E-state index contributed by atoms with van der Waals surface area (Å²) in [5, 5.41) is 7.66. The van der Waals surface area contributed by atoms with Gasteiger partial charge < -0.3 is 24.4 Å². The largest absolute Gasteiger partial charge is 0.493 e. The number of hydrogen-bond acceptors (Lipinski definition) is 6. The van der Waals surface area contributed by atoms with Gasteiger partial charge in [0.05, 0.1) is 27.9 Å². The van der Waals surface area contributed by atoms with E-state index in [9.17, 15) is 0 Å². The van der Waals surface area contributed by atoms with Crippen LogP contribution in [0.1, 0.15) is 5.56 Å². The fourth-order valence-electron chi connectivity index (χ4n) is 3.65. The first-order valence-corrected chi connectivity index (χ1v) is 10.1. The number of piperazine rings is 1. The highest BCUT2D eigenvalue weighted by Crippen LogP contribution is 2.38. The number of nitrogens with zero attached hydrogens (tertiary/aromatic N) is 5. The van der Waals surface area contributed by atoms with Crippen LogP contribution >= 0.6 is 0 Å². The number of ether oxygens (including phenoxy) is 3. The van der Waals surface area contributed by atoms with Gasteiger partial charge in [0.1, 0.15) is 0 Å². The Labute approximate surface area is 178 Å². The summed E-state index contributed by atoms with van der Waals surface area (Å²) in [5.41, 5.74) is 1.14. The molecule has 0 atom stereocenters. The van der Waals surface area contributed by atoms with E-state index in [1.54, 1.807) is 27.5 Å². The van der Waals surface area contributed by atoms with Gasteiger partial charge in [-0.3, -0.25) is 14.6 Å². The van der Waals surface area contributed by atoms with Crippen molar-refractivity contribution in [2.24, 2.45) is 4.99 Å². The second-order valence-electron chi connectivity index (χ2n) is 7.04. The zero-order chi connectivity index (χ0) is 21.3. The van der Waals surface area contributed by atoms with E-state index in [0.29, 0.717) is 17.2 Å². The van der Waals surface area contributed by atoms with Crippen LogP contribution in [0.2, 0.25) is 0 Å². The van der Waals surface area contributed by atoms with Crippen molar-refractivity contribution in [1.82, 2.24) is 24.9 Å². The minimum atomic E-state index is 0.624. The predicted octanol–water partition coefficient (Wildman–Crippen LogP) is 1.30. The van der Waals surface area contributed by atoms with Crippen LogP contribution < -0.4 is 19.5 Å². The normalized spacial score (nSPS) is 15.2. The van der Waals surface area contributed by atoms with Crippen molar-refractivity contribution in [2.75, 3.05) is 61.1 Å². The molecule has 1 aromatic carbocycles. The molecule has 1 aromatic heterocycles. The minimum Gasteiger partial charge on any atom is -0.493 e. The number of rotatable bonds is 8. The Hall–Kier alpha value is -2.94. The molecular weight excluding hydrogens is 384 g/mol. The Morgan fingerprint density at radius 3 is 2.30 bits per heavy atom. The van der Waals surface area contributed by atoms with Gasteiger partial charge in [0.25, 0.3) is 0 Å². The molecule has 0 spiro atoms. The lowest BCUT2D eigenvalue weighted by Gasteiger charge is -2.36. The monoisotopic (exact) mass is 416 g/mol. The topological polar surface area (TPSA) is 76.4 Å². The second kappa shape index (κ2) is 10.7. The maximum Gasteiger partial charge on any atom is 0.203 e. The second-order valence-corrected chi connectivity index (χ2v) is 7.04. The highest BCUT2D eigenvalue weighted by atomic mass is 16.5. The first-order valence-electron chi connectivity index (χ1n) is 10.1. The van der Waals surface area contributed by atoms with E-state index in [-0.39, 0.29) is 0 Å². The van der Waals surface area contributed by atoms with Crippen molar-refractivity contribution < 1.29 is 14.2 Å². The van der Waals surface area contributed by atoms with Gasteiger partial charge in [-0.05, 0) is 23.8 Å². The van der Waals surface area contributed by atoms with E-state index in [1.165, 1.54) is 0 Å².